The first-order valence-corrected chi connectivity index (χ1v) is 3.24. The predicted molar refractivity (Wildman–Crippen MR) is 38.6 cm³/mol. The van der Waals surface area contributed by atoms with Gasteiger partial charge in [-0.3, -0.25) is 0 Å². The Labute approximate surface area is 63.8 Å². The molecule has 6 heteroatoms. The minimum absolute atomic E-state index is 0.453. The van der Waals surface area contributed by atoms with E-state index in [0.717, 1.165) is 6.42 Å². The van der Waals surface area contributed by atoms with Gasteiger partial charge < -0.3 is 5.11 Å². The fourth-order valence-electron chi connectivity index (χ4n) is 0.627. The van der Waals surface area contributed by atoms with E-state index < -0.39 is 12.0 Å². The van der Waals surface area contributed by atoms with E-state index in [-0.39, 0.29) is 0 Å². The lowest BCUT2D eigenvalue weighted by molar-refractivity contribution is -0.139. The Balaban J connectivity index is 3.88. The summed E-state index contributed by atoms with van der Waals surface area (Å²) in [6, 6.07) is -0.768. The van der Waals surface area contributed by atoms with Crippen LogP contribution in [0.1, 0.15) is 19.8 Å². The summed E-state index contributed by atoms with van der Waals surface area (Å²) < 4.78 is 0. The van der Waals surface area contributed by atoms with E-state index in [2.05, 4.69) is 15.6 Å². The maximum absolute atomic E-state index is 10.3. The molecule has 0 amide bonds. The van der Waals surface area contributed by atoms with Gasteiger partial charge in [0.1, 0.15) is 0 Å². The van der Waals surface area contributed by atoms with Gasteiger partial charge in [0, 0.05) is 0 Å². The van der Waals surface area contributed by atoms with Crippen LogP contribution in [-0.2, 0) is 4.79 Å². The van der Waals surface area contributed by atoms with E-state index in [4.69, 9.17) is 10.6 Å². The quantitative estimate of drug-likeness (QED) is 0.271. The molecule has 0 saturated heterocycles. The molecular weight excluding hydrogens is 148 g/mol. The number of hydrogen-bond acceptors (Lipinski definition) is 2. The van der Waals surface area contributed by atoms with Gasteiger partial charge in [-0.2, -0.15) is 4.91 Å². The average molecular weight is 158 g/mol. The monoisotopic (exact) mass is 158 g/mol. The summed E-state index contributed by atoms with van der Waals surface area (Å²) in [7, 11) is 0. The number of aliphatic carboxylic acids is 1. The standard InChI is InChI=1S/C5H10N4O2/c1-2-3-4(5(10)11)7-9-8-6/h4,7H,2-3H2,1H3,(H,10,11)/t4-/m0/s1. The zero-order valence-corrected chi connectivity index (χ0v) is 6.19. The van der Waals surface area contributed by atoms with Crippen molar-refractivity contribution in [2.24, 2.45) is 5.22 Å². The van der Waals surface area contributed by atoms with Crippen LogP contribution in [0.3, 0.4) is 0 Å². The zero-order chi connectivity index (χ0) is 8.69. The van der Waals surface area contributed by atoms with E-state index in [1.807, 2.05) is 6.92 Å². The van der Waals surface area contributed by atoms with Crippen LogP contribution >= 0.6 is 0 Å². The first kappa shape index (κ1) is 9.58. The van der Waals surface area contributed by atoms with Gasteiger partial charge in [-0.1, -0.05) is 13.3 Å². The molecule has 0 aliphatic rings. The normalized spacial score (nSPS) is 11.4. The molecule has 0 radical (unpaired) electrons. The van der Waals surface area contributed by atoms with Crippen molar-refractivity contribution in [1.82, 2.24) is 5.43 Å². The zero-order valence-electron chi connectivity index (χ0n) is 6.19. The molecule has 0 aromatic heterocycles. The lowest BCUT2D eigenvalue weighted by Crippen LogP contribution is -2.32. The Hall–Kier alpha value is -1.42. The number of rotatable bonds is 5. The lowest BCUT2D eigenvalue weighted by atomic mass is 10.2. The fourth-order valence-corrected chi connectivity index (χ4v) is 0.627. The lowest BCUT2D eigenvalue weighted by Gasteiger charge is -2.04. The number of nitrogens with one attached hydrogen (secondary N) is 1. The number of carbonyl (C=O) groups is 1. The van der Waals surface area contributed by atoms with Crippen LogP contribution in [0.5, 0.6) is 0 Å². The third-order valence-electron chi connectivity index (χ3n) is 1.13. The summed E-state index contributed by atoms with van der Waals surface area (Å²) in [6.07, 6.45) is 1.18. The topological polar surface area (TPSA) is 98.1 Å². The van der Waals surface area contributed by atoms with Crippen LogP contribution in [0.4, 0.5) is 0 Å². The van der Waals surface area contributed by atoms with Crippen molar-refractivity contribution in [3.8, 4) is 0 Å². The van der Waals surface area contributed by atoms with Gasteiger partial charge in [0.15, 0.2) is 6.04 Å². The number of hydrogen-bond donors (Lipinski definition) is 2. The SMILES string of the molecule is CCC[C@H](NN=[N+]=[N-])C(=O)O. The third-order valence-corrected chi connectivity index (χ3v) is 1.13. The van der Waals surface area contributed by atoms with E-state index in [1.165, 1.54) is 0 Å². The molecular formula is C5H10N4O2. The Bertz CT molecular complexity index is 175. The first-order valence-electron chi connectivity index (χ1n) is 3.24. The van der Waals surface area contributed by atoms with Crippen LogP contribution in [0.2, 0.25) is 0 Å². The Morgan fingerprint density at radius 2 is 2.55 bits per heavy atom. The molecule has 0 spiro atoms. The molecule has 0 aromatic rings. The van der Waals surface area contributed by atoms with Crippen molar-refractivity contribution in [2.45, 2.75) is 25.8 Å². The maximum Gasteiger partial charge on any atom is 0.349 e. The highest BCUT2D eigenvalue weighted by Crippen LogP contribution is 1.95. The molecule has 0 rings (SSSR count). The Morgan fingerprint density at radius 1 is 1.91 bits per heavy atom. The Kier molecular flexibility index (Phi) is 4.68. The molecule has 2 N–H and O–H groups in total. The van der Waals surface area contributed by atoms with Crippen LogP contribution < -0.4 is 5.43 Å². The molecule has 0 bridgehead atoms. The Morgan fingerprint density at radius 3 is 2.91 bits per heavy atom. The van der Waals surface area contributed by atoms with E-state index in [0.29, 0.717) is 6.42 Å². The summed E-state index contributed by atoms with van der Waals surface area (Å²) in [5, 5.41) is 11.4. The van der Waals surface area contributed by atoms with Crippen LogP contribution in [-0.4, -0.2) is 17.1 Å². The van der Waals surface area contributed by atoms with Crippen LogP contribution in [0.25, 0.3) is 10.4 Å². The van der Waals surface area contributed by atoms with Crippen molar-refractivity contribution < 1.29 is 9.90 Å². The highest BCUT2D eigenvalue weighted by atomic mass is 16.4. The van der Waals surface area contributed by atoms with Crippen molar-refractivity contribution in [1.29, 1.82) is 0 Å². The minimum Gasteiger partial charge on any atom is -0.478 e. The second kappa shape index (κ2) is 5.37. The summed E-state index contributed by atoms with van der Waals surface area (Å²) in [5.74, 6) is -1.00. The number of nitrogens with zero attached hydrogens (tertiary/aromatic N) is 3. The highest BCUT2D eigenvalue weighted by molar-refractivity contribution is 5.73. The molecule has 0 fully saturated rings. The second-order valence-corrected chi connectivity index (χ2v) is 2.00. The van der Waals surface area contributed by atoms with Gasteiger partial charge in [-0.15, -0.1) is 5.53 Å². The fraction of sp³-hybridized carbons (Fsp3) is 0.800. The number of carboxylic acid groups (broad SMARTS) is 1. The molecule has 0 aliphatic carbocycles. The van der Waals surface area contributed by atoms with E-state index >= 15 is 0 Å². The molecule has 62 valence electrons. The summed E-state index contributed by atoms with van der Waals surface area (Å²) in [4.78, 5) is 12.7. The second-order valence-electron chi connectivity index (χ2n) is 2.00. The predicted octanol–water partition coefficient (Wildman–Crippen LogP) is 1.05. The molecule has 6 nitrogen and oxygen atoms in total. The van der Waals surface area contributed by atoms with Crippen molar-refractivity contribution in [2.75, 3.05) is 0 Å². The minimum atomic E-state index is -1.00. The molecule has 0 heterocycles. The summed E-state index contributed by atoms with van der Waals surface area (Å²) in [6.45, 7) is 1.85. The van der Waals surface area contributed by atoms with Crippen LogP contribution in [0, 0.1) is 0 Å². The number of carboxylic acids is 1. The highest BCUT2D eigenvalue weighted by Gasteiger charge is 2.17. The molecule has 0 saturated carbocycles. The summed E-state index contributed by atoms with van der Waals surface area (Å²) >= 11 is 0. The van der Waals surface area contributed by atoms with Gasteiger partial charge in [-0.05, 0) is 11.6 Å². The first-order chi connectivity index (χ1) is 5.22. The van der Waals surface area contributed by atoms with Gasteiger partial charge in [0.2, 0.25) is 0 Å². The largest absolute Gasteiger partial charge is 0.478 e. The molecule has 1 atom stereocenters. The van der Waals surface area contributed by atoms with Gasteiger partial charge in [0.05, 0.1) is 0 Å². The summed E-state index contributed by atoms with van der Waals surface area (Å²) in [5.41, 5.74) is 10.0. The molecule has 0 aliphatic heterocycles. The molecule has 0 aromatic carbocycles. The van der Waals surface area contributed by atoms with Crippen LogP contribution in [0.15, 0.2) is 5.22 Å². The maximum atomic E-state index is 10.3. The van der Waals surface area contributed by atoms with Gasteiger partial charge in [-0.25, -0.2) is 10.2 Å². The van der Waals surface area contributed by atoms with Gasteiger partial charge >= 0.3 is 5.97 Å². The van der Waals surface area contributed by atoms with E-state index in [9.17, 15) is 4.79 Å². The van der Waals surface area contributed by atoms with Gasteiger partial charge in [0.25, 0.3) is 0 Å². The molecule has 0 unspecified atom stereocenters. The van der Waals surface area contributed by atoms with Crippen molar-refractivity contribution in [3.63, 3.8) is 0 Å². The smallest absolute Gasteiger partial charge is 0.349 e. The van der Waals surface area contributed by atoms with E-state index in [1.54, 1.807) is 0 Å². The van der Waals surface area contributed by atoms with Crippen molar-refractivity contribution >= 4 is 5.97 Å². The van der Waals surface area contributed by atoms with Crippen molar-refractivity contribution in [3.05, 3.63) is 10.4 Å². The molecule has 11 heavy (non-hydrogen) atoms. The number of azide groups is 1. The average Bonchev–Trinajstić information content (AvgIpc) is 1.97. The third kappa shape index (κ3) is 4.05.